The summed E-state index contributed by atoms with van der Waals surface area (Å²) in [4.78, 5) is 9.98. The van der Waals surface area contributed by atoms with Crippen LogP contribution in [0.5, 0.6) is 0 Å². The lowest BCUT2D eigenvalue weighted by Gasteiger charge is -2.05. The molecule has 1 rings (SSSR count). The van der Waals surface area contributed by atoms with E-state index in [-0.39, 0.29) is 5.54 Å². The maximum atomic E-state index is 9.98. The Morgan fingerprint density at radius 2 is 2.30 bits per heavy atom. The fourth-order valence-electron chi connectivity index (χ4n) is 0.646. The van der Waals surface area contributed by atoms with Gasteiger partial charge in [-0.05, 0) is 19.8 Å². The summed E-state index contributed by atoms with van der Waals surface area (Å²) in [6, 6.07) is 0. The van der Waals surface area contributed by atoms with Crippen molar-refractivity contribution in [3.05, 3.63) is 12.3 Å². The van der Waals surface area contributed by atoms with Crippen molar-refractivity contribution in [3.8, 4) is 0 Å². The molecule has 2 N–H and O–H groups in total. The second kappa shape index (κ2) is 2.33. The number of rotatable bonds is 3. The normalized spacial score (nSPS) is 20.9. The van der Waals surface area contributed by atoms with Crippen LogP contribution >= 0.6 is 0 Å². The van der Waals surface area contributed by atoms with Gasteiger partial charge in [0.15, 0.2) is 0 Å². The van der Waals surface area contributed by atoms with E-state index in [4.69, 9.17) is 5.11 Å². The first-order valence-electron chi connectivity index (χ1n) is 3.30. The number of aliphatic carboxylic acids is 1. The second-order valence-electron chi connectivity index (χ2n) is 2.88. The minimum atomic E-state index is -0.906. The molecule has 0 aromatic rings. The van der Waals surface area contributed by atoms with Crippen LogP contribution in [0.1, 0.15) is 19.8 Å². The molecule has 0 aliphatic heterocycles. The van der Waals surface area contributed by atoms with E-state index in [0.717, 1.165) is 18.9 Å². The largest absolute Gasteiger partial charge is 0.478 e. The van der Waals surface area contributed by atoms with Crippen LogP contribution in [0.3, 0.4) is 0 Å². The fraction of sp³-hybridized carbons (Fsp3) is 0.571. The van der Waals surface area contributed by atoms with Gasteiger partial charge in [0.1, 0.15) is 0 Å². The van der Waals surface area contributed by atoms with Gasteiger partial charge in [-0.2, -0.15) is 0 Å². The highest BCUT2D eigenvalue weighted by atomic mass is 16.4. The van der Waals surface area contributed by atoms with Crippen LogP contribution in [0.2, 0.25) is 0 Å². The summed E-state index contributed by atoms with van der Waals surface area (Å²) in [6.07, 6.45) is 4.88. The monoisotopic (exact) mass is 141 g/mol. The highest BCUT2D eigenvalue weighted by molar-refractivity contribution is 5.79. The van der Waals surface area contributed by atoms with Crippen molar-refractivity contribution in [2.24, 2.45) is 0 Å². The third-order valence-electron chi connectivity index (χ3n) is 1.66. The smallest absolute Gasteiger partial charge is 0.329 e. The molecule has 0 radical (unpaired) electrons. The van der Waals surface area contributed by atoms with Crippen molar-refractivity contribution in [2.45, 2.75) is 25.3 Å². The number of hydrogen-bond donors (Lipinski definition) is 2. The molecule has 3 nitrogen and oxygen atoms in total. The second-order valence-corrected chi connectivity index (χ2v) is 2.88. The maximum absolute atomic E-state index is 9.98. The van der Waals surface area contributed by atoms with Gasteiger partial charge in [0.25, 0.3) is 0 Å². The van der Waals surface area contributed by atoms with Crippen molar-refractivity contribution >= 4 is 5.97 Å². The molecule has 0 saturated heterocycles. The van der Waals surface area contributed by atoms with Crippen molar-refractivity contribution in [3.63, 3.8) is 0 Å². The SMILES string of the molecule is CC1(N/C=C/C(=O)O)CC1. The third-order valence-corrected chi connectivity index (χ3v) is 1.66. The van der Waals surface area contributed by atoms with Crippen molar-refractivity contribution in [1.29, 1.82) is 0 Å². The molecule has 0 spiro atoms. The predicted molar refractivity (Wildman–Crippen MR) is 37.6 cm³/mol. The number of carboxylic acid groups (broad SMARTS) is 1. The van der Waals surface area contributed by atoms with Gasteiger partial charge in [-0.3, -0.25) is 0 Å². The van der Waals surface area contributed by atoms with Crippen molar-refractivity contribution in [1.82, 2.24) is 5.32 Å². The van der Waals surface area contributed by atoms with Gasteiger partial charge in [-0.1, -0.05) is 0 Å². The average molecular weight is 141 g/mol. The van der Waals surface area contributed by atoms with E-state index in [0.29, 0.717) is 0 Å². The van der Waals surface area contributed by atoms with Crippen molar-refractivity contribution in [2.75, 3.05) is 0 Å². The molecule has 0 unspecified atom stereocenters. The Labute approximate surface area is 59.7 Å². The first-order valence-corrected chi connectivity index (χ1v) is 3.30. The fourth-order valence-corrected chi connectivity index (χ4v) is 0.646. The number of hydrogen-bond acceptors (Lipinski definition) is 2. The topological polar surface area (TPSA) is 49.3 Å². The summed E-state index contributed by atoms with van der Waals surface area (Å²) in [5, 5.41) is 11.2. The van der Waals surface area contributed by atoms with Gasteiger partial charge in [0, 0.05) is 17.8 Å². The summed E-state index contributed by atoms with van der Waals surface area (Å²) < 4.78 is 0. The summed E-state index contributed by atoms with van der Waals surface area (Å²) in [7, 11) is 0. The Bertz CT molecular complexity index is 170. The number of carbonyl (C=O) groups is 1. The molecule has 1 aliphatic carbocycles. The molecule has 1 saturated carbocycles. The average Bonchev–Trinajstić information content (AvgIpc) is 2.47. The number of carboxylic acids is 1. The van der Waals surface area contributed by atoms with Gasteiger partial charge >= 0.3 is 5.97 Å². The summed E-state index contributed by atoms with van der Waals surface area (Å²) >= 11 is 0. The van der Waals surface area contributed by atoms with Crippen molar-refractivity contribution < 1.29 is 9.90 Å². The highest BCUT2D eigenvalue weighted by Crippen LogP contribution is 2.33. The zero-order valence-electron chi connectivity index (χ0n) is 5.92. The van der Waals surface area contributed by atoms with Crippen LogP contribution in [0, 0.1) is 0 Å². The van der Waals surface area contributed by atoms with Gasteiger partial charge in [-0.15, -0.1) is 0 Å². The van der Waals surface area contributed by atoms with Gasteiger partial charge < -0.3 is 10.4 Å². The predicted octanol–water partition coefficient (Wildman–Crippen LogP) is 0.727. The Morgan fingerprint density at radius 1 is 1.70 bits per heavy atom. The maximum Gasteiger partial charge on any atom is 0.329 e. The van der Waals surface area contributed by atoms with Crippen LogP contribution in [0.25, 0.3) is 0 Å². The van der Waals surface area contributed by atoms with Gasteiger partial charge in [0.05, 0.1) is 0 Å². The standard InChI is InChI=1S/C7H11NO2/c1-7(3-4-7)8-5-2-6(9)10/h2,5,8H,3-4H2,1H3,(H,9,10)/b5-2+. The molecule has 1 aliphatic rings. The van der Waals surface area contributed by atoms with E-state index in [9.17, 15) is 4.79 Å². The van der Waals surface area contributed by atoms with Crippen LogP contribution in [-0.4, -0.2) is 16.6 Å². The van der Waals surface area contributed by atoms with E-state index >= 15 is 0 Å². The van der Waals surface area contributed by atoms with Crippen LogP contribution < -0.4 is 5.32 Å². The van der Waals surface area contributed by atoms with E-state index in [2.05, 4.69) is 12.2 Å². The first-order chi connectivity index (χ1) is 4.62. The lowest BCUT2D eigenvalue weighted by Crippen LogP contribution is -2.21. The van der Waals surface area contributed by atoms with E-state index in [1.165, 1.54) is 6.20 Å². The number of nitrogens with one attached hydrogen (secondary N) is 1. The molecular weight excluding hydrogens is 130 g/mol. The molecule has 0 aromatic heterocycles. The van der Waals surface area contributed by atoms with E-state index in [1.807, 2.05) is 0 Å². The van der Waals surface area contributed by atoms with Crippen LogP contribution in [0.15, 0.2) is 12.3 Å². The summed E-state index contributed by atoms with van der Waals surface area (Å²) in [5.41, 5.74) is 0.186. The molecule has 0 aromatic carbocycles. The minimum Gasteiger partial charge on any atom is -0.478 e. The molecule has 0 atom stereocenters. The molecule has 1 fully saturated rings. The lowest BCUT2D eigenvalue weighted by molar-refractivity contribution is -0.131. The van der Waals surface area contributed by atoms with Crippen LogP contribution in [0.4, 0.5) is 0 Å². The Hall–Kier alpha value is -0.990. The van der Waals surface area contributed by atoms with Crippen LogP contribution in [-0.2, 0) is 4.79 Å². The molecule has 10 heavy (non-hydrogen) atoms. The molecule has 3 heteroatoms. The zero-order valence-corrected chi connectivity index (χ0v) is 5.92. The quantitative estimate of drug-likeness (QED) is 0.569. The lowest BCUT2D eigenvalue weighted by atomic mass is 10.3. The summed E-state index contributed by atoms with van der Waals surface area (Å²) in [5.74, 6) is -0.906. The summed E-state index contributed by atoms with van der Waals surface area (Å²) in [6.45, 7) is 2.07. The zero-order chi connectivity index (χ0) is 7.61. The minimum absolute atomic E-state index is 0.186. The van der Waals surface area contributed by atoms with Gasteiger partial charge in [0.2, 0.25) is 0 Å². The molecule has 0 heterocycles. The molecule has 56 valence electrons. The highest BCUT2D eigenvalue weighted by Gasteiger charge is 2.35. The first kappa shape index (κ1) is 7.12. The Kier molecular flexibility index (Phi) is 1.66. The molecule has 0 bridgehead atoms. The third kappa shape index (κ3) is 2.09. The molecule has 0 amide bonds. The Morgan fingerprint density at radius 3 is 2.70 bits per heavy atom. The molecular formula is C7H11NO2. The van der Waals surface area contributed by atoms with E-state index in [1.54, 1.807) is 0 Å². The van der Waals surface area contributed by atoms with E-state index < -0.39 is 5.97 Å². The Balaban J connectivity index is 2.21. The van der Waals surface area contributed by atoms with Gasteiger partial charge in [-0.25, -0.2) is 4.79 Å².